The van der Waals surface area contributed by atoms with E-state index >= 15 is 0 Å². The Morgan fingerprint density at radius 1 is 1.00 bits per heavy atom. The summed E-state index contributed by atoms with van der Waals surface area (Å²) < 4.78 is 20.5. The van der Waals surface area contributed by atoms with Gasteiger partial charge in [0.15, 0.2) is 11.1 Å². The minimum atomic E-state index is -0.656. The van der Waals surface area contributed by atoms with E-state index in [-0.39, 0.29) is 24.3 Å². The summed E-state index contributed by atoms with van der Waals surface area (Å²) in [5, 5.41) is 0. The van der Waals surface area contributed by atoms with Crippen LogP contribution < -0.4 is 0 Å². The van der Waals surface area contributed by atoms with Crippen molar-refractivity contribution >= 4 is 31.4 Å². The third-order valence-corrected chi connectivity index (χ3v) is 4.06. The maximum atomic E-state index is 11.4. The highest BCUT2D eigenvalue weighted by Gasteiger charge is 2.22. The van der Waals surface area contributed by atoms with Crippen LogP contribution in [0, 0.1) is 0 Å². The summed E-state index contributed by atoms with van der Waals surface area (Å²) in [6, 6.07) is 0. The molecular weight excluding hydrogens is 304 g/mol. The fourth-order valence-electron chi connectivity index (χ4n) is 1.96. The third kappa shape index (κ3) is 4.97. The molecule has 9 heteroatoms. The molecule has 2 aliphatic heterocycles. The van der Waals surface area contributed by atoms with E-state index in [4.69, 9.17) is 18.9 Å². The molecule has 0 aromatic rings. The van der Waals surface area contributed by atoms with Crippen LogP contribution in [0.15, 0.2) is 0 Å². The smallest absolute Gasteiger partial charge is 0.433 e. The quantitative estimate of drug-likeness (QED) is 0.536. The van der Waals surface area contributed by atoms with Crippen molar-refractivity contribution in [2.75, 3.05) is 52.6 Å². The molecule has 2 fully saturated rings. The summed E-state index contributed by atoms with van der Waals surface area (Å²) in [4.78, 5) is 15.3. The van der Waals surface area contributed by atoms with Gasteiger partial charge >= 0.3 is 6.16 Å². The first-order chi connectivity index (χ1) is 9.66. The summed E-state index contributed by atoms with van der Waals surface area (Å²) in [5.41, 5.74) is -0.422. The van der Waals surface area contributed by atoms with Gasteiger partial charge in [0.05, 0.1) is 13.2 Å². The maximum absolute atomic E-state index is 11.4. The lowest BCUT2D eigenvalue weighted by atomic mass is 10.5. The van der Waals surface area contributed by atoms with E-state index in [1.165, 1.54) is 0 Å². The van der Waals surface area contributed by atoms with Gasteiger partial charge in [0, 0.05) is 26.2 Å². The van der Waals surface area contributed by atoms with Crippen LogP contribution in [0.2, 0.25) is 0 Å². The van der Waals surface area contributed by atoms with Gasteiger partial charge in [0.1, 0.15) is 13.2 Å². The Morgan fingerprint density at radius 3 is 1.80 bits per heavy atom. The normalized spacial score (nSPS) is 27.9. The van der Waals surface area contributed by atoms with Gasteiger partial charge in [-0.15, -0.1) is 25.3 Å². The third-order valence-electron chi connectivity index (χ3n) is 3.11. The Labute approximate surface area is 129 Å². The second-order valence-corrected chi connectivity index (χ2v) is 5.30. The van der Waals surface area contributed by atoms with Crippen molar-refractivity contribution in [2.45, 2.75) is 11.1 Å². The van der Waals surface area contributed by atoms with Crippen LogP contribution in [0.25, 0.3) is 0 Å². The highest BCUT2D eigenvalue weighted by atomic mass is 32.1. The molecule has 0 spiro atoms. The van der Waals surface area contributed by atoms with E-state index in [2.05, 4.69) is 25.3 Å². The van der Waals surface area contributed by atoms with Crippen LogP contribution in [0.4, 0.5) is 4.79 Å². The lowest BCUT2D eigenvalue weighted by molar-refractivity contribution is 0.0318. The van der Waals surface area contributed by atoms with Gasteiger partial charge in [0.2, 0.25) is 0 Å². The predicted octanol–water partition coefficient (Wildman–Crippen LogP) is 0.231. The van der Waals surface area contributed by atoms with Gasteiger partial charge in [-0.05, 0) is 0 Å². The number of rotatable bonds is 6. The van der Waals surface area contributed by atoms with Crippen LogP contribution in [0.5, 0.6) is 0 Å². The average Bonchev–Trinajstić information content (AvgIpc) is 3.00. The highest BCUT2D eigenvalue weighted by molar-refractivity contribution is 7.80. The molecule has 116 valence electrons. The van der Waals surface area contributed by atoms with Crippen molar-refractivity contribution in [1.29, 1.82) is 0 Å². The Hall–Kier alpha value is -0.190. The van der Waals surface area contributed by atoms with E-state index < -0.39 is 6.16 Å². The van der Waals surface area contributed by atoms with Gasteiger partial charge in [-0.3, -0.25) is 9.80 Å². The molecular formula is C11H20N2O5S2. The molecule has 0 aromatic heterocycles. The number of ether oxygens (including phenoxy) is 4. The number of thiol groups is 2. The second-order valence-electron chi connectivity index (χ2n) is 4.41. The zero-order chi connectivity index (χ0) is 14.4. The molecule has 0 aromatic carbocycles. The van der Waals surface area contributed by atoms with E-state index in [9.17, 15) is 4.79 Å². The van der Waals surface area contributed by atoms with Crippen molar-refractivity contribution in [2.24, 2.45) is 0 Å². The lowest BCUT2D eigenvalue weighted by Gasteiger charge is -2.19. The molecule has 2 unspecified atom stereocenters. The first-order valence-corrected chi connectivity index (χ1v) is 7.57. The summed E-state index contributed by atoms with van der Waals surface area (Å²) in [7, 11) is 0. The van der Waals surface area contributed by atoms with Crippen LogP contribution in [-0.4, -0.2) is 79.7 Å². The molecule has 2 atom stereocenters. The number of nitrogens with zero attached hydrogens (tertiary/aromatic N) is 2. The Kier molecular flexibility index (Phi) is 6.72. The van der Waals surface area contributed by atoms with E-state index in [1.54, 1.807) is 0 Å². The molecule has 2 heterocycles. The summed E-state index contributed by atoms with van der Waals surface area (Å²) in [5.74, 6) is 0. The molecule has 0 saturated carbocycles. The molecule has 0 amide bonds. The van der Waals surface area contributed by atoms with Gasteiger partial charge in [-0.25, -0.2) is 4.79 Å². The van der Waals surface area contributed by atoms with Crippen LogP contribution >= 0.6 is 25.3 Å². The molecule has 7 nitrogen and oxygen atoms in total. The Bertz CT molecular complexity index is 295. The maximum Gasteiger partial charge on any atom is 0.508 e. The number of carbonyl (C=O) groups is 1. The zero-order valence-corrected chi connectivity index (χ0v) is 12.9. The van der Waals surface area contributed by atoms with Crippen LogP contribution in [0.3, 0.4) is 0 Å². The number of hydrogen-bond acceptors (Lipinski definition) is 9. The predicted molar refractivity (Wildman–Crippen MR) is 77.9 cm³/mol. The van der Waals surface area contributed by atoms with Crippen LogP contribution in [-0.2, 0) is 18.9 Å². The van der Waals surface area contributed by atoms with Gasteiger partial charge in [-0.2, -0.15) is 0 Å². The average molecular weight is 324 g/mol. The van der Waals surface area contributed by atoms with Crippen molar-refractivity contribution in [3.63, 3.8) is 0 Å². The molecule has 0 radical (unpaired) electrons. The largest absolute Gasteiger partial charge is 0.508 e. The molecule has 2 saturated heterocycles. The summed E-state index contributed by atoms with van der Waals surface area (Å²) in [6.45, 7) is 4.60. The first-order valence-electron chi connectivity index (χ1n) is 6.54. The molecule has 0 bridgehead atoms. The van der Waals surface area contributed by atoms with Gasteiger partial charge < -0.3 is 18.9 Å². The Morgan fingerprint density at radius 2 is 1.45 bits per heavy atom. The van der Waals surface area contributed by atoms with Gasteiger partial charge in [-0.1, -0.05) is 0 Å². The minimum Gasteiger partial charge on any atom is -0.433 e. The molecule has 2 rings (SSSR count). The fourth-order valence-corrected chi connectivity index (χ4v) is 2.63. The molecule has 2 aliphatic rings. The van der Waals surface area contributed by atoms with E-state index in [0.717, 1.165) is 13.1 Å². The monoisotopic (exact) mass is 324 g/mol. The highest BCUT2D eigenvalue weighted by Crippen LogP contribution is 2.13. The zero-order valence-electron chi connectivity index (χ0n) is 11.1. The number of hydrogen-bond donors (Lipinski definition) is 2. The lowest BCUT2D eigenvalue weighted by Crippen LogP contribution is -2.32. The van der Waals surface area contributed by atoms with Crippen molar-refractivity contribution in [3.05, 3.63) is 0 Å². The molecule has 0 aliphatic carbocycles. The minimum absolute atomic E-state index is 0.211. The van der Waals surface area contributed by atoms with E-state index in [1.807, 2.05) is 9.80 Å². The molecule has 20 heavy (non-hydrogen) atoms. The summed E-state index contributed by atoms with van der Waals surface area (Å²) in [6.07, 6.45) is -0.656. The Balaban J connectivity index is 1.50. The SMILES string of the molecule is O=C(OCCN1CCOC1S)OCCN1CCOC1S. The van der Waals surface area contributed by atoms with Gasteiger partial charge in [0.25, 0.3) is 0 Å². The first kappa shape index (κ1) is 16.2. The second kappa shape index (κ2) is 8.30. The number of carbonyl (C=O) groups excluding carboxylic acids is 1. The summed E-state index contributed by atoms with van der Waals surface area (Å²) >= 11 is 8.47. The topological polar surface area (TPSA) is 60.5 Å². The standard InChI is InChI=1S/C11H20N2O5S2/c14-11(17-7-3-12-1-5-15-9(12)19)18-8-4-13-2-6-16-10(13)20/h9-10,19-20H,1-8H2. The van der Waals surface area contributed by atoms with E-state index in [0.29, 0.717) is 26.3 Å². The van der Waals surface area contributed by atoms with Crippen molar-refractivity contribution in [1.82, 2.24) is 9.80 Å². The van der Waals surface area contributed by atoms with Crippen molar-refractivity contribution in [3.8, 4) is 0 Å². The molecule has 0 N–H and O–H groups in total. The van der Waals surface area contributed by atoms with Crippen molar-refractivity contribution < 1.29 is 23.7 Å². The fraction of sp³-hybridized carbons (Fsp3) is 0.909. The van der Waals surface area contributed by atoms with Crippen LogP contribution in [0.1, 0.15) is 0 Å².